The maximum atomic E-state index is 11.2. The Morgan fingerprint density at radius 1 is 1.44 bits per heavy atom. The first-order valence-electron chi connectivity index (χ1n) is 3.97. The standard InChI is InChI=1S/C8H6ClNO5S/c1-5-7(10(12)13)3-2-6(4-11)8(5)16(9,14)15/h2-4H,1H3. The summed E-state index contributed by atoms with van der Waals surface area (Å²) >= 11 is 0. The Balaban J connectivity index is 3.73. The Morgan fingerprint density at radius 2 is 2.00 bits per heavy atom. The zero-order valence-electron chi connectivity index (χ0n) is 8.01. The van der Waals surface area contributed by atoms with Crippen LogP contribution in [0.4, 0.5) is 5.69 Å². The van der Waals surface area contributed by atoms with Crippen molar-refractivity contribution in [2.24, 2.45) is 0 Å². The summed E-state index contributed by atoms with van der Waals surface area (Å²) in [6, 6.07) is 2.11. The molecular formula is C8H6ClNO5S. The summed E-state index contributed by atoms with van der Waals surface area (Å²) in [6.45, 7) is 1.22. The second-order valence-electron chi connectivity index (χ2n) is 2.94. The van der Waals surface area contributed by atoms with Gasteiger partial charge in [-0.3, -0.25) is 14.9 Å². The first-order chi connectivity index (χ1) is 7.29. The fourth-order valence-electron chi connectivity index (χ4n) is 1.32. The van der Waals surface area contributed by atoms with Crippen molar-refractivity contribution in [2.75, 3.05) is 0 Å². The van der Waals surface area contributed by atoms with E-state index in [1.165, 1.54) is 6.92 Å². The van der Waals surface area contributed by atoms with Crippen LogP contribution in [-0.4, -0.2) is 19.6 Å². The summed E-state index contributed by atoms with van der Waals surface area (Å²) < 4.78 is 22.4. The quantitative estimate of drug-likeness (QED) is 0.358. The molecule has 0 saturated heterocycles. The lowest BCUT2D eigenvalue weighted by atomic mass is 10.1. The summed E-state index contributed by atoms with van der Waals surface area (Å²) in [5, 5.41) is 10.6. The van der Waals surface area contributed by atoms with Crippen LogP contribution in [0.3, 0.4) is 0 Å². The van der Waals surface area contributed by atoms with Gasteiger partial charge < -0.3 is 0 Å². The van der Waals surface area contributed by atoms with Gasteiger partial charge in [0.1, 0.15) is 4.90 Å². The minimum atomic E-state index is -4.20. The third-order valence-electron chi connectivity index (χ3n) is 1.98. The molecule has 0 saturated carbocycles. The van der Waals surface area contributed by atoms with Gasteiger partial charge in [-0.1, -0.05) is 0 Å². The van der Waals surface area contributed by atoms with E-state index in [0.29, 0.717) is 0 Å². The summed E-state index contributed by atoms with van der Waals surface area (Å²) in [4.78, 5) is 19.9. The Hall–Kier alpha value is -1.47. The second-order valence-corrected chi connectivity index (χ2v) is 5.44. The Morgan fingerprint density at radius 3 is 2.38 bits per heavy atom. The molecule has 0 aromatic heterocycles. The van der Waals surface area contributed by atoms with Gasteiger partial charge >= 0.3 is 0 Å². The predicted molar refractivity (Wildman–Crippen MR) is 56.3 cm³/mol. The largest absolute Gasteiger partial charge is 0.298 e. The number of nitro benzene ring substituents is 1. The van der Waals surface area contributed by atoms with Crippen LogP contribution < -0.4 is 0 Å². The molecule has 0 unspecified atom stereocenters. The molecule has 0 heterocycles. The van der Waals surface area contributed by atoms with Crippen molar-refractivity contribution in [3.8, 4) is 0 Å². The second kappa shape index (κ2) is 4.18. The fraction of sp³-hybridized carbons (Fsp3) is 0.125. The molecule has 0 N–H and O–H groups in total. The summed E-state index contributed by atoms with van der Waals surface area (Å²) in [6.07, 6.45) is 0.284. The van der Waals surface area contributed by atoms with E-state index in [4.69, 9.17) is 10.7 Å². The SMILES string of the molecule is Cc1c([N+](=O)[O-])ccc(C=O)c1S(=O)(=O)Cl. The van der Waals surface area contributed by atoms with Crippen LogP contribution in [0, 0.1) is 17.0 Å². The molecule has 16 heavy (non-hydrogen) atoms. The van der Waals surface area contributed by atoms with Crippen LogP contribution >= 0.6 is 10.7 Å². The molecule has 86 valence electrons. The highest BCUT2D eigenvalue weighted by Gasteiger charge is 2.25. The maximum Gasteiger partial charge on any atom is 0.273 e. The topological polar surface area (TPSA) is 94.3 Å². The van der Waals surface area contributed by atoms with Crippen LogP contribution in [0.2, 0.25) is 0 Å². The van der Waals surface area contributed by atoms with E-state index in [2.05, 4.69) is 0 Å². The number of nitro groups is 1. The van der Waals surface area contributed by atoms with Crippen LogP contribution in [-0.2, 0) is 9.05 Å². The molecule has 0 aliphatic carbocycles. The van der Waals surface area contributed by atoms with Crippen molar-refractivity contribution < 1.29 is 18.1 Å². The molecule has 8 heteroatoms. The molecule has 1 rings (SSSR count). The zero-order chi connectivity index (χ0) is 12.5. The molecule has 0 fully saturated rings. The lowest BCUT2D eigenvalue weighted by molar-refractivity contribution is -0.385. The monoisotopic (exact) mass is 263 g/mol. The Labute approximate surface area is 95.4 Å². The molecule has 1 aromatic carbocycles. The first-order valence-corrected chi connectivity index (χ1v) is 6.27. The molecule has 0 atom stereocenters. The van der Waals surface area contributed by atoms with Crippen LogP contribution in [0.25, 0.3) is 0 Å². The van der Waals surface area contributed by atoms with Crippen LogP contribution in [0.15, 0.2) is 17.0 Å². The van der Waals surface area contributed by atoms with Crippen molar-refractivity contribution in [1.82, 2.24) is 0 Å². The highest BCUT2D eigenvalue weighted by Crippen LogP contribution is 2.29. The number of carbonyl (C=O) groups excluding carboxylic acids is 1. The van der Waals surface area contributed by atoms with E-state index < -0.39 is 24.6 Å². The van der Waals surface area contributed by atoms with Gasteiger partial charge in [-0.15, -0.1) is 0 Å². The lowest BCUT2D eigenvalue weighted by Crippen LogP contribution is -2.03. The molecule has 0 aliphatic rings. The van der Waals surface area contributed by atoms with Crippen molar-refractivity contribution >= 4 is 31.7 Å². The van der Waals surface area contributed by atoms with Crippen molar-refractivity contribution in [1.29, 1.82) is 0 Å². The number of rotatable bonds is 3. The molecular weight excluding hydrogens is 258 g/mol. The molecule has 0 amide bonds. The summed E-state index contributed by atoms with van der Waals surface area (Å²) in [7, 11) is 0.919. The Kier molecular flexibility index (Phi) is 3.30. The zero-order valence-corrected chi connectivity index (χ0v) is 9.58. The number of benzene rings is 1. The highest BCUT2D eigenvalue weighted by molar-refractivity contribution is 8.13. The molecule has 6 nitrogen and oxygen atoms in total. The van der Waals surface area contributed by atoms with E-state index in [-0.39, 0.29) is 17.4 Å². The minimum Gasteiger partial charge on any atom is -0.298 e. The smallest absolute Gasteiger partial charge is 0.273 e. The first kappa shape index (κ1) is 12.6. The molecule has 0 aliphatic heterocycles. The van der Waals surface area contributed by atoms with E-state index in [0.717, 1.165) is 12.1 Å². The Bertz CT molecular complexity index is 566. The average molecular weight is 264 g/mol. The number of halogens is 1. The molecule has 0 spiro atoms. The third kappa shape index (κ3) is 2.20. The normalized spacial score (nSPS) is 11.1. The van der Waals surface area contributed by atoms with Gasteiger partial charge in [0.05, 0.1) is 4.92 Å². The molecule has 0 radical (unpaired) electrons. The summed E-state index contributed by atoms with van der Waals surface area (Å²) in [5.74, 6) is 0. The van der Waals surface area contributed by atoms with Gasteiger partial charge in [-0.05, 0) is 13.0 Å². The molecule has 0 bridgehead atoms. The highest BCUT2D eigenvalue weighted by atomic mass is 35.7. The number of carbonyl (C=O) groups is 1. The van der Waals surface area contributed by atoms with Gasteiger partial charge in [0.2, 0.25) is 0 Å². The number of nitrogens with zero attached hydrogens (tertiary/aromatic N) is 1. The van der Waals surface area contributed by atoms with Crippen LogP contribution in [0.5, 0.6) is 0 Å². The van der Waals surface area contributed by atoms with E-state index in [1.807, 2.05) is 0 Å². The predicted octanol–water partition coefficient (Wildman–Crippen LogP) is 1.64. The molecule has 1 aromatic rings. The number of aldehydes is 1. The van der Waals surface area contributed by atoms with Crippen molar-refractivity contribution in [2.45, 2.75) is 11.8 Å². The number of hydrogen-bond donors (Lipinski definition) is 0. The van der Waals surface area contributed by atoms with Gasteiger partial charge in [-0.25, -0.2) is 8.42 Å². The van der Waals surface area contributed by atoms with Crippen LogP contribution in [0.1, 0.15) is 15.9 Å². The van der Waals surface area contributed by atoms with Gasteiger partial charge in [0, 0.05) is 27.9 Å². The minimum absolute atomic E-state index is 0.149. The van der Waals surface area contributed by atoms with Gasteiger partial charge in [0.15, 0.2) is 6.29 Å². The van der Waals surface area contributed by atoms with E-state index in [9.17, 15) is 23.3 Å². The fourth-order valence-corrected chi connectivity index (χ4v) is 2.80. The van der Waals surface area contributed by atoms with E-state index >= 15 is 0 Å². The van der Waals surface area contributed by atoms with E-state index in [1.54, 1.807) is 0 Å². The van der Waals surface area contributed by atoms with Crippen molar-refractivity contribution in [3.63, 3.8) is 0 Å². The van der Waals surface area contributed by atoms with Crippen molar-refractivity contribution in [3.05, 3.63) is 33.4 Å². The summed E-state index contributed by atoms with van der Waals surface area (Å²) in [5.41, 5.74) is -0.743. The maximum absolute atomic E-state index is 11.2. The van der Waals surface area contributed by atoms with Gasteiger partial charge in [0.25, 0.3) is 14.7 Å². The third-order valence-corrected chi connectivity index (χ3v) is 3.47. The lowest BCUT2D eigenvalue weighted by Gasteiger charge is -2.05. The number of hydrogen-bond acceptors (Lipinski definition) is 5. The average Bonchev–Trinajstić information content (AvgIpc) is 2.14. The van der Waals surface area contributed by atoms with Gasteiger partial charge in [-0.2, -0.15) is 0 Å².